The third-order valence-electron chi connectivity index (χ3n) is 3.11. The number of carbonyl (C=O) groups is 1. The molecule has 2 heterocycles. The largest absolute Gasteiger partial charge is 0.346 e. The van der Waals surface area contributed by atoms with Crippen molar-refractivity contribution in [3.05, 3.63) is 11.6 Å². The second-order valence-corrected chi connectivity index (χ2v) is 7.06. The summed E-state index contributed by atoms with van der Waals surface area (Å²) in [6.45, 7) is 2.02. The fraction of sp³-hybridized carbons (Fsp3) is 0.727. The molecule has 0 spiro atoms. The Labute approximate surface area is 112 Å². The highest BCUT2D eigenvalue weighted by Crippen LogP contribution is 2.12. The van der Waals surface area contributed by atoms with Gasteiger partial charge in [0.15, 0.2) is 0 Å². The van der Waals surface area contributed by atoms with E-state index in [1.807, 2.05) is 6.92 Å². The number of amides is 1. The Bertz CT molecular complexity index is 538. The van der Waals surface area contributed by atoms with Crippen LogP contribution in [-0.4, -0.2) is 47.1 Å². The van der Waals surface area contributed by atoms with Crippen molar-refractivity contribution < 1.29 is 13.2 Å². The molecule has 0 unspecified atom stereocenters. The zero-order chi connectivity index (χ0) is 13.9. The molecule has 1 saturated heterocycles. The molecule has 1 aromatic rings. The van der Waals surface area contributed by atoms with Crippen LogP contribution in [-0.2, 0) is 16.3 Å². The van der Waals surface area contributed by atoms with Gasteiger partial charge in [-0.25, -0.2) is 13.4 Å². The van der Waals surface area contributed by atoms with Crippen molar-refractivity contribution >= 4 is 15.7 Å². The topological polar surface area (TPSA) is 105 Å². The van der Waals surface area contributed by atoms with Gasteiger partial charge in [-0.05, 0) is 19.3 Å². The second kappa shape index (κ2) is 5.68. The molecule has 1 amide bonds. The van der Waals surface area contributed by atoms with Crippen molar-refractivity contribution in [1.82, 2.24) is 20.5 Å². The van der Waals surface area contributed by atoms with Crippen molar-refractivity contribution in [2.24, 2.45) is 0 Å². The number of carbonyl (C=O) groups excluding carboxylic acids is 1. The van der Waals surface area contributed by atoms with Crippen LogP contribution in [0.15, 0.2) is 0 Å². The average molecular weight is 286 g/mol. The van der Waals surface area contributed by atoms with Crippen molar-refractivity contribution in [2.75, 3.05) is 11.5 Å². The van der Waals surface area contributed by atoms with Crippen LogP contribution in [0.4, 0.5) is 0 Å². The molecule has 106 valence electrons. The predicted molar refractivity (Wildman–Crippen MR) is 69.5 cm³/mol. The highest BCUT2D eigenvalue weighted by molar-refractivity contribution is 7.91. The molecule has 0 aliphatic carbocycles. The van der Waals surface area contributed by atoms with Gasteiger partial charge in [0.05, 0.1) is 11.5 Å². The standard InChI is InChI=1S/C11H18N4O3S/c1-2-3-9-13-10(15-14-9)11(16)12-8-4-6-19(17,18)7-5-8/h8H,2-7H2,1H3,(H,12,16)(H,13,14,15). The SMILES string of the molecule is CCCc1nc(C(=O)NC2CCS(=O)(=O)CC2)n[nH]1. The molecule has 0 aromatic carbocycles. The van der Waals surface area contributed by atoms with Crippen LogP contribution in [0, 0.1) is 0 Å². The summed E-state index contributed by atoms with van der Waals surface area (Å²) in [6, 6.07) is -0.107. The number of hydrogen-bond acceptors (Lipinski definition) is 5. The summed E-state index contributed by atoms with van der Waals surface area (Å²) < 4.78 is 22.6. The summed E-state index contributed by atoms with van der Waals surface area (Å²) in [7, 11) is -2.91. The molecule has 0 atom stereocenters. The molecule has 8 heteroatoms. The van der Waals surface area contributed by atoms with Gasteiger partial charge in [-0.3, -0.25) is 9.89 Å². The van der Waals surface area contributed by atoms with Crippen molar-refractivity contribution in [3.63, 3.8) is 0 Å². The summed E-state index contributed by atoms with van der Waals surface area (Å²) >= 11 is 0. The summed E-state index contributed by atoms with van der Waals surface area (Å²) in [4.78, 5) is 16.0. The number of aromatic nitrogens is 3. The Morgan fingerprint density at radius 2 is 2.11 bits per heavy atom. The van der Waals surface area contributed by atoms with Gasteiger partial charge in [-0.15, -0.1) is 5.10 Å². The maximum absolute atomic E-state index is 11.9. The van der Waals surface area contributed by atoms with Crippen molar-refractivity contribution in [1.29, 1.82) is 0 Å². The Morgan fingerprint density at radius 1 is 1.42 bits per heavy atom. The molecule has 0 bridgehead atoms. The molecule has 1 fully saturated rings. The molecule has 7 nitrogen and oxygen atoms in total. The van der Waals surface area contributed by atoms with E-state index in [4.69, 9.17) is 0 Å². The van der Waals surface area contributed by atoms with Crippen molar-refractivity contribution in [3.8, 4) is 0 Å². The minimum absolute atomic E-state index is 0.107. The van der Waals surface area contributed by atoms with Gasteiger partial charge in [0, 0.05) is 12.5 Å². The first-order chi connectivity index (χ1) is 9.00. The lowest BCUT2D eigenvalue weighted by molar-refractivity contribution is 0.0924. The van der Waals surface area contributed by atoms with E-state index < -0.39 is 9.84 Å². The lowest BCUT2D eigenvalue weighted by Crippen LogP contribution is -2.41. The first kappa shape index (κ1) is 14.0. The molecule has 1 aliphatic heterocycles. The molecular weight excluding hydrogens is 268 g/mol. The molecule has 1 aliphatic rings. The number of aromatic amines is 1. The zero-order valence-electron chi connectivity index (χ0n) is 10.8. The van der Waals surface area contributed by atoms with Crippen molar-refractivity contribution in [2.45, 2.75) is 38.6 Å². The van der Waals surface area contributed by atoms with Gasteiger partial charge in [0.25, 0.3) is 5.91 Å². The molecule has 2 N–H and O–H groups in total. The Balaban J connectivity index is 1.90. The Hall–Kier alpha value is -1.44. The molecule has 19 heavy (non-hydrogen) atoms. The first-order valence-corrected chi connectivity index (χ1v) is 8.25. The van der Waals surface area contributed by atoms with Crippen LogP contribution in [0.3, 0.4) is 0 Å². The van der Waals surface area contributed by atoms with E-state index in [0.717, 1.165) is 12.8 Å². The number of nitrogens with one attached hydrogen (secondary N) is 2. The van der Waals surface area contributed by atoms with Gasteiger partial charge in [0.1, 0.15) is 15.7 Å². The lowest BCUT2D eigenvalue weighted by atomic mass is 10.1. The summed E-state index contributed by atoms with van der Waals surface area (Å²) in [6.07, 6.45) is 2.60. The van der Waals surface area contributed by atoms with Crippen LogP contribution in [0.2, 0.25) is 0 Å². The van der Waals surface area contributed by atoms with Crippen LogP contribution in [0.5, 0.6) is 0 Å². The van der Waals surface area contributed by atoms with Crippen LogP contribution >= 0.6 is 0 Å². The van der Waals surface area contributed by atoms with E-state index >= 15 is 0 Å². The normalized spacial score (nSPS) is 19.2. The third kappa shape index (κ3) is 3.76. The Morgan fingerprint density at radius 3 is 2.74 bits per heavy atom. The van der Waals surface area contributed by atoms with Gasteiger partial charge < -0.3 is 5.32 Å². The smallest absolute Gasteiger partial charge is 0.291 e. The van der Waals surface area contributed by atoms with Crippen LogP contribution in [0.1, 0.15) is 42.6 Å². The van der Waals surface area contributed by atoms with E-state index in [1.165, 1.54) is 0 Å². The Kier molecular flexibility index (Phi) is 4.18. The molecule has 2 rings (SSSR count). The highest BCUT2D eigenvalue weighted by Gasteiger charge is 2.25. The number of hydrogen-bond donors (Lipinski definition) is 2. The number of H-pyrrole nitrogens is 1. The first-order valence-electron chi connectivity index (χ1n) is 6.43. The van der Waals surface area contributed by atoms with Crippen LogP contribution < -0.4 is 5.32 Å². The highest BCUT2D eigenvalue weighted by atomic mass is 32.2. The van der Waals surface area contributed by atoms with E-state index in [0.29, 0.717) is 18.7 Å². The maximum atomic E-state index is 11.9. The lowest BCUT2D eigenvalue weighted by Gasteiger charge is -2.22. The van der Waals surface area contributed by atoms with E-state index in [-0.39, 0.29) is 29.3 Å². The minimum atomic E-state index is -2.91. The molecule has 0 saturated carbocycles. The van der Waals surface area contributed by atoms with Crippen LogP contribution in [0.25, 0.3) is 0 Å². The van der Waals surface area contributed by atoms with E-state index in [9.17, 15) is 13.2 Å². The molecule has 0 radical (unpaired) electrons. The van der Waals surface area contributed by atoms with Gasteiger partial charge in [-0.1, -0.05) is 6.92 Å². The monoisotopic (exact) mass is 286 g/mol. The predicted octanol–water partition coefficient (Wildman–Crippen LogP) is 0.0642. The van der Waals surface area contributed by atoms with E-state index in [1.54, 1.807) is 0 Å². The fourth-order valence-electron chi connectivity index (χ4n) is 2.03. The molecular formula is C11H18N4O3S. The number of aryl methyl sites for hydroxylation is 1. The third-order valence-corrected chi connectivity index (χ3v) is 4.83. The maximum Gasteiger partial charge on any atom is 0.291 e. The number of nitrogens with zero attached hydrogens (tertiary/aromatic N) is 2. The van der Waals surface area contributed by atoms with Gasteiger partial charge in [-0.2, -0.15) is 0 Å². The summed E-state index contributed by atoms with van der Waals surface area (Å²) in [5, 5.41) is 9.36. The zero-order valence-corrected chi connectivity index (χ0v) is 11.7. The quantitative estimate of drug-likeness (QED) is 0.814. The second-order valence-electron chi connectivity index (χ2n) is 4.76. The number of sulfone groups is 1. The summed E-state index contributed by atoms with van der Waals surface area (Å²) in [5.74, 6) is 0.735. The summed E-state index contributed by atoms with van der Waals surface area (Å²) in [5.41, 5.74) is 0. The fourth-order valence-corrected chi connectivity index (χ4v) is 3.52. The number of rotatable bonds is 4. The van der Waals surface area contributed by atoms with Gasteiger partial charge >= 0.3 is 0 Å². The minimum Gasteiger partial charge on any atom is -0.346 e. The average Bonchev–Trinajstić information content (AvgIpc) is 2.81. The van der Waals surface area contributed by atoms with E-state index in [2.05, 4.69) is 20.5 Å². The van der Waals surface area contributed by atoms with Gasteiger partial charge in [0.2, 0.25) is 5.82 Å². The molecule has 1 aromatic heterocycles.